The molecular formula is C12H21N3O. The Morgan fingerprint density at radius 1 is 1.38 bits per heavy atom. The van der Waals surface area contributed by atoms with Crippen LogP contribution in [0.5, 0.6) is 5.88 Å². The molecule has 0 saturated carbocycles. The van der Waals surface area contributed by atoms with Gasteiger partial charge in [-0.2, -0.15) is 4.98 Å². The molecule has 0 unspecified atom stereocenters. The van der Waals surface area contributed by atoms with Crippen molar-refractivity contribution < 1.29 is 4.74 Å². The van der Waals surface area contributed by atoms with Gasteiger partial charge in [-0.1, -0.05) is 20.8 Å². The van der Waals surface area contributed by atoms with Gasteiger partial charge >= 0.3 is 0 Å². The Hall–Kier alpha value is -1.32. The van der Waals surface area contributed by atoms with E-state index in [1.165, 1.54) is 0 Å². The molecule has 1 aromatic rings. The maximum atomic E-state index is 5.10. The van der Waals surface area contributed by atoms with Gasteiger partial charge in [0.15, 0.2) is 0 Å². The average molecular weight is 223 g/mol. The zero-order chi connectivity index (χ0) is 12.2. The first kappa shape index (κ1) is 12.7. The number of nitrogens with zero attached hydrogens (tertiary/aromatic N) is 2. The Morgan fingerprint density at radius 3 is 2.62 bits per heavy atom. The minimum atomic E-state index is 0.250. The highest BCUT2D eigenvalue weighted by Gasteiger charge is 2.15. The van der Waals surface area contributed by atoms with Crippen molar-refractivity contribution in [2.45, 2.75) is 34.1 Å². The van der Waals surface area contributed by atoms with Gasteiger partial charge in [0.05, 0.1) is 7.11 Å². The Labute approximate surface area is 97.5 Å². The molecule has 1 rings (SSSR count). The summed E-state index contributed by atoms with van der Waals surface area (Å²) in [6.07, 6.45) is 1.11. The van der Waals surface area contributed by atoms with Gasteiger partial charge in [-0.3, -0.25) is 0 Å². The Kier molecular flexibility index (Phi) is 4.10. The van der Waals surface area contributed by atoms with Gasteiger partial charge in [0.25, 0.3) is 0 Å². The van der Waals surface area contributed by atoms with Crippen molar-refractivity contribution in [3.63, 3.8) is 0 Å². The normalized spacial score (nSPS) is 11.3. The SMILES string of the molecule is CCC(C)(C)CNc1nc(C)cc(OC)n1. The van der Waals surface area contributed by atoms with E-state index in [9.17, 15) is 0 Å². The van der Waals surface area contributed by atoms with E-state index in [-0.39, 0.29) is 5.41 Å². The summed E-state index contributed by atoms with van der Waals surface area (Å²) in [4.78, 5) is 8.56. The molecule has 0 atom stereocenters. The number of aryl methyl sites for hydroxylation is 1. The molecule has 1 heterocycles. The predicted molar refractivity (Wildman–Crippen MR) is 65.9 cm³/mol. The molecule has 0 aliphatic heterocycles. The molecule has 0 bridgehead atoms. The summed E-state index contributed by atoms with van der Waals surface area (Å²) < 4.78 is 5.10. The summed E-state index contributed by atoms with van der Waals surface area (Å²) >= 11 is 0. The van der Waals surface area contributed by atoms with E-state index in [0.717, 1.165) is 18.7 Å². The third kappa shape index (κ3) is 3.68. The quantitative estimate of drug-likeness (QED) is 0.833. The van der Waals surface area contributed by atoms with E-state index in [1.54, 1.807) is 7.11 Å². The summed E-state index contributed by atoms with van der Waals surface area (Å²) in [5.74, 6) is 1.24. The summed E-state index contributed by atoms with van der Waals surface area (Å²) in [7, 11) is 1.61. The molecular weight excluding hydrogens is 202 g/mol. The zero-order valence-corrected chi connectivity index (χ0v) is 10.8. The van der Waals surface area contributed by atoms with Crippen molar-refractivity contribution in [3.8, 4) is 5.88 Å². The molecule has 0 aromatic carbocycles. The fourth-order valence-electron chi connectivity index (χ4n) is 1.17. The van der Waals surface area contributed by atoms with Crippen LogP contribution in [0.2, 0.25) is 0 Å². The lowest BCUT2D eigenvalue weighted by molar-refractivity contribution is 0.374. The Bertz CT molecular complexity index is 350. The average Bonchev–Trinajstić information content (AvgIpc) is 2.26. The third-order valence-electron chi connectivity index (χ3n) is 2.72. The molecule has 16 heavy (non-hydrogen) atoms. The molecule has 0 aliphatic carbocycles. The Morgan fingerprint density at radius 2 is 2.06 bits per heavy atom. The molecule has 4 heteroatoms. The highest BCUT2D eigenvalue weighted by Crippen LogP contribution is 2.20. The van der Waals surface area contributed by atoms with E-state index in [0.29, 0.717) is 11.8 Å². The first-order valence-electron chi connectivity index (χ1n) is 5.60. The summed E-state index contributed by atoms with van der Waals surface area (Å²) in [6.45, 7) is 9.40. The van der Waals surface area contributed by atoms with Gasteiger partial charge in [0.2, 0.25) is 11.8 Å². The van der Waals surface area contributed by atoms with Crippen molar-refractivity contribution in [2.75, 3.05) is 19.0 Å². The van der Waals surface area contributed by atoms with Crippen LogP contribution < -0.4 is 10.1 Å². The van der Waals surface area contributed by atoms with Crippen LogP contribution in [-0.2, 0) is 0 Å². The summed E-state index contributed by atoms with van der Waals surface area (Å²) in [6, 6.07) is 1.82. The van der Waals surface area contributed by atoms with Gasteiger partial charge in [-0.05, 0) is 18.8 Å². The monoisotopic (exact) mass is 223 g/mol. The van der Waals surface area contributed by atoms with Gasteiger partial charge in [0.1, 0.15) is 0 Å². The van der Waals surface area contributed by atoms with Crippen LogP contribution in [0.1, 0.15) is 32.9 Å². The molecule has 0 fully saturated rings. The Balaban J connectivity index is 2.70. The number of nitrogens with one attached hydrogen (secondary N) is 1. The van der Waals surface area contributed by atoms with Crippen molar-refractivity contribution in [3.05, 3.63) is 11.8 Å². The number of ether oxygens (including phenoxy) is 1. The zero-order valence-electron chi connectivity index (χ0n) is 10.8. The highest BCUT2D eigenvalue weighted by atomic mass is 16.5. The minimum Gasteiger partial charge on any atom is -0.481 e. The van der Waals surface area contributed by atoms with Crippen molar-refractivity contribution in [2.24, 2.45) is 5.41 Å². The molecule has 1 N–H and O–H groups in total. The number of aromatic nitrogens is 2. The third-order valence-corrected chi connectivity index (χ3v) is 2.72. The van der Waals surface area contributed by atoms with Gasteiger partial charge in [-0.25, -0.2) is 4.98 Å². The predicted octanol–water partition coefficient (Wildman–Crippen LogP) is 2.64. The second kappa shape index (κ2) is 5.14. The van der Waals surface area contributed by atoms with E-state index in [2.05, 4.69) is 36.1 Å². The number of hydrogen-bond acceptors (Lipinski definition) is 4. The number of hydrogen-bond donors (Lipinski definition) is 1. The molecule has 0 amide bonds. The van der Waals surface area contributed by atoms with Crippen LogP contribution in [0, 0.1) is 12.3 Å². The number of anilines is 1. The van der Waals surface area contributed by atoms with Crippen LogP contribution in [0.4, 0.5) is 5.95 Å². The van der Waals surface area contributed by atoms with Crippen LogP contribution in [0.25, 0.3) is 0 Å². The maximum absolute atomic E-state index is 5.10. The molecule has 4 nitrogen and oxygen atoms in total. The lowest BCUT2D eigenvalue weighted by Gasteiger charge is -2.22. The van der Waals surface area contributed by atoms with Gasteiger partial charge < -0.3 is 10.1 Å². The first-order chi connectivity index (χ1) is 7.46. The van der Waals surface area contributed by atoms with Crippen LogP contribution in [0.15, 0.2) is 6.07 Å². The fourth-order valence-corrected chi connectivity index (χ4v) is 1.17. The molecule has 0 saturated heterocycles. The minimum absolute atomic E-state index is 0.250. The number of rotatable bonds is 5. The second-order valence-corrected chi connectivity index (χ2v) is 4.75. The standard InChI is InChI=1S/C12H21N3O/c1-6-12(3,4)8-13-11-14-9(2)7-10(15-11)16-5/h7H,6,8H2,1-5H3,(H,13,14,15). The van der Waals surface area contributed by atoms with E-state index in [1.807, 2.05) is 13.0 Å². The summed E-state index contributed by atoms with van der Waals surface area (Å²) in [5, 5.41) is 3.25. The van der Waals surface area contributed by atoms with Gasteiger partial charge in [-0.15, -0.1) is 0 Å². The van der Waals surface area contributed by atoms with Gasteiger partial charge in [0, 0.05) is 18.3 Å². The second-order valence-electron chi connectivity index (χ2n) is 4.75. The molecule has 0 aliphatic rings. The lowest BCUT2D eigenvalue weighted by atomic mass is 9.90. The van der Waals surface area contributed by atoms with Crippen LogP contribution in [-0.4, -0.2) is 23.6 Å². The molecule has 1 aromatic heterocycles. The molecule has 0 spiro atoms. The maximum Gasteiger partial charge on any atom is 0.226 e. The number of methoxy groups -OCH3 is 1. The molecule has 90 valence electrons. The van der Waals surface area contributed by atoms with Crippen molar-refractivity contribution in [1.29, 1.82) is 0 Å². The van der Waals surface area contributed by atoms with Crippen LogP contribution in [0.3, 0.4) is 0 Å². The van der Waals surface area contributed by atoms with Crippen molar-refractivity contribution >= 4 is 5.95 Å². The molecule has 0 radical (unpaired) electrons. The van der Waals surface area contributed by atoms with E-state index < -0.39 is 0 Å². The first-order valence-corrected chi connectivity index (χ1v) is 5.60. The highest BCUT2D eigenvalue weighted by molar-refractivity contribution is 5.30. The fraction of sp³-hybridized carbons (Fsp3) is 0.667. The van der Waals surface area contributed by atoms with Crippen LogP contribution >= 0.6 is 0 Å². The largest absolute Gasteiger partial charge is 0.481 e. The summed E-state index contributed by atoms with van der Waals surface area (Å²) in [5.41, 5.74) is 1.16. The lowest BCUT2D eigenvalue weighted by Crippen LogP contribution is -2.23. The van der Waals surface area contributed by atoms with E-state index in [4.69, 9.17) is 4.74 Å². The smallest absolute Gasteiger partial charge is 0.226 e. The van der Waals surface area contributed by atoms with Crippen molar-refractivity contribution in [1.82, 2.24) is 9.97 Å². The van der Waals surface area contributed by atoms with E-state index >= 15 is 0 Å². The topological polar surface area (TPSA) is 47.0 Å².